The van der Waals surface area contributed by atoms with Crippen molar-refractivity contribution in [1.82, 2.24) is 9.97 Å². The summed E-state index contributed by atoms with van der Waals surface area (Å²) in [6, 6.07) is 15.5. The van der Waals surface area contributed by atoms with E-state index in [2.05, 4.69) is 40.9 Å². The largest absolute Gasteiger partial charge is 0.489 e. The monoisotopic (exact) mass is 433 g/mol. The molecule has 1 aromatic heterocycles. The zero-order valence-corrected chi connectivity index (χ0v) is 18.0. The lowest BCUT2D eigenvalue weighted by Gasteiger charge is -2.26. The molecule has 7 heteroatoms. The van der Waals surface area contributed by atoms with Gasteiger partial charge in [-0.05, 0) is 24.1 Å². The van der Waals surface area contributed by atoms with Gasteiger partial charge in [-0.25, -0.2) is 4.98 Å². The lowest BCUT2D eigenvalue weighted by Crippen LogP contribution is -2.31. The average Bonchev–Trinajstić information content (AvgIpc) is 2.76. The number of fused-ring (bicyclic) bond motifs is 1. The van der Waals surface area contributed by atoms with Crippen molar-refractivity contribution >= 4 is 23.5 Å². The van der Waals surface area contributed by atoms with Crippen LogP contribution >= 0.6 is 11.8 Å². The second kappa shape index (κ2) is 9.22. The van der Waals surface area contributed by atoms with Gasteiger partial charge in [0, 0.05) is 23.7 Å². The minimum atomic E-state index is -0.434. The lowest BCUT2D eigenvalue weighted by molar-refractivity contribution is -0.116. The van der Waals surface area contributed by atoms with E-state index in [1.165, 1.54) is 22.9 Å². The Kier molecular flexibility index (Phi) is 6.23. The van der Waals surface area contributed by atoms with Crippen molar-refractivity contribution in [2.24, 2.45) is 0 Å². The maximum Gasteiger partial charge on any atom is 0.257 e. The molecule has 0 saturated carbocycles. The molecule has 0 aliphatic carbocycles. The van der Waals surface area contributed by atoms with Crippen molar-refractivity contribution in [2.45, 2.75) is 30.2 Å². The second-order valence-corrected chi connectivity index (χ2v) is 8.25. The number of para-hydroxylation sites is 1. The van der Waals surface area contributed by atoms with Crippen molar-refractivity contribution in [2.75, 3.05) is 11.9 Å². The summed E-state index contributed by atoms with van der Waals surface area (Å²) in [5.74, 6) is 1.01. The van der Waals surface area contributed by atoms with Crippen molar-refractivity contribution in [3.8, 4) is 5.75 Å². The minimum absolute atomic E-state index is 0.155. The number of hydrogen-bond donors (Lipinski definition) is 2. The van der Waals surface area contributed by atoms with Crippen LogP contribution in [0.25, 0.3) is 0 Å². The average molecular weight is 434 g/mol. The maximum absolute atomic E-state index is 13.1. The highest BCUT2D eigenvalue weighted by Gasteiger charge is 2.32. The van der Waals surface area contributed by atoms with Crippen molar-refractivity contribution < 1.29 is 9.53 Å². The zero-order chi connectivity index (χ0) is 21.8. The highest BCUT2D eigenvalue weighted by molar-refractivity contribution is 7.98. The van der Waals surface area contributed by atoms with E-state index in [-0.39, 0.29) is 17.9 Å². The molecule has 158 valence electrons. The molecule has 4 rings (SSSR count). The van der Waals surface area contributed by atoms with Crippen LogP contribution in [0.3, 0.4) is 0 Å². The van der Waals surface area contributed by atoms with Gasteiger partial charge in [0.15, 0.2) is 5.16 Å². The van der Waals surface area contributed by atoms with E-state index in [0.29, 0.717) is 34.6 Å². The number of aryl methyl sites for hydroxylation is 1. The third-order valence-electron chi connectivity index (χ3n) is 5.21. The number of amides is 1. The van der Waals surface area contributed by atoms with E-state index in [9.17, 15) is 9.59 Å². The van der Waals surface area contributed by atoms with Gasteiger partial charge in [0.1, 0.15) is 18.2 Å². The van der Waals surface area contributed by atoms with E-state index in [4.69, 9.17) is 4.74 Å². The second-order valence-electron chi connectivity index (χ2n) is 7.29. The highest BCUT2D eigenvalue weighted by atomic mass is 32.2. The van der Waals surface area contributed by atoms with Crippen LogP contribution in [0.1, 0.15) is 34.6 Å². The molecule has 0 saturated heterocycles. The number of anilines is 1. The van der Waals surface area contributed by atoms with E-state index in [1.807, 2.05) is 36.4 Å². The number of carbonyl (C=O) groups is 1. The molecule has 0 radical (unpaired) electrons. The molecule has 1 aliphatic rings. The van der Waals surface area contributed by atoms with Crippen LogP contribution in [-0.2, 0) is 10.5 Å². The van der Waals surface area contributed by atoms with Gasteiger partial charge >= 0.3 is 0 Å². The van der Waals surface area contributed by atoms with Gasteiger partial charge in [-0.1, -0.05) is 66.9 Å². The third-order valence-corrected chi connectivity index (χ3v) is 6.13. The van der Waals surface area contributed by atoms with Crippen LogP contribution in [-0.4, -0.2) is 22.5 Å². The smallest absolute Gasteiger partial charge is 0.257 e. The number of aromatic nitrogens is 2. The highest BCUT2D eigenvalue weighted by Crippen LogP contribution is 2.38. The van der Waals surface area contributed by atoms with Gasteiger partial charge in [-0.2, -0.15) is 0 Å². The predicted octanol–water partition coefficient (Wildman–Crippen LogP) is 4.41. The first-order chi connectivity index (χ1) is 15.1. The van der Waals surface area contributed by atoms with Crippen LogP contribution in [0.4, 0.5) is 5.82 Å². The molecular weight excluding hydrogens is 410 g/mol. The number of thioether (sulfide) groups is 1. The molecule has 0 spiro atoms. The summed E-state index contributed by atoms with van der Waals surface area (Å²) >= 11 is 1.43. The Bertz CT molecular complexity index is 1190. The zero-order valence-electron chi connectivity index (χ0n) is 17.2. The van der Waals surface area contributed by atoms with E-state index in [0.717, 1.165) is 5.56 Å². The molecule has 0 bridgehead atoms. The van der Waals surface area contributed by atoms with E-state index in [1.54, 1.807) is 6.08 Å². The van der Waals surface area contributed by atoms with E-state index < -0.39 is 5.92 Å². The van der Waals surface area contributed by atoms with Gasteiger partial charge in [0.05, 0.1) is 5.56 Å². The molecule has 2 heterocycles. The maximum atomic E-state index is 13.1. The fraction of sp³-hybridized carbons (Fsp3) is 0.208. The van der Waals surface area contributed by atoms with Crippen LogP contribution < -0.4 is 15.6 Å². The van der Waals surface area contributed by atoms with Gasteiger partial charge in [-0.3, -0.25) is 9.59 Å². The number of nitrogens with zero attached hydrogens (tertiary/aromatic N) is 1. The molecule has 1 aliphatic heterocycles. The number of ether oxygens (including phenoxy) is 1. The van der Waals surface area contributed by atoms with Crippen molar-refractivity contribution in [3.63, 3.8) is 0 Å². The van der Waals surface area contributed by atoms with Gasteiger partial charge in [0.2, 0.25) is 5.91 Å². The van der Waals surface area contributed by atoms with Crippen molar-refractivity contribution in [3.05, 3.63) is 93.8 Å². The molecule has 31 heavy (non-hydrogen) atoms. The Morgan fingerprint density at radius 1 is 1.19 bits per heavy atom. The number of carbonyl (C=O) groups excluding carboxylic acids is 1. The number of H-pyrrole nitrogens is 1. The minimum Gasteiger partial charge on any atom is -0.489 e. The van der Waals surface area contributed by atoms with Crippen LogP contribution in [0.2, 0.25) is 0 Å². The molecular formula is C24H23N3O3S. The first kappa shape index (κ1) is 20.9. The number of hydrogen-bond acceptors (Lipinski definition) is 5. The summed E-state index contributed by atoms with van der Waals surface area (Å²) in [4.78, 5) is 33.0. The van der Waals surface area contributed by atoms with Gasteiger partial charge < -0.3 is 15.0 Å². The summed E-state index contributed by atoms with van der Waals surface area (Å²) in [7, 11) is 0. The Labute approximate surface area is 184 Å². The normalized spacial score (nSPS) is 15.1. The summed E-state index contributed by atoms with van der Waals surface area (Å²) < 4.78 is 5.77. The predicted molar refractivity (Wildman–Crippen MR) is 123 cm³/mol. The standard InChI is InChI=1S/C24H23N3O3S/c1-3-12-30-19-11-7-6-10-17(19)18-13-20(28)25-22-21(18)23(29)27-24(26-22)31-14-16-9-5-4-8-15(16)2/h3-11,18H,1,12-14H2,2H3,(H2,25,26,27,28,29)/t18-/m0/s1. The fourth-order valence-electron chi connectivity index (χ4n) is 3.65. The summed E-state index contributed by atoms with van der Waals surface area (Å²) in [5, 5.41) is 3.25. The fourth-order valence-corrected chi connectivity index (χ4v) is 4.59. The first-order valence-electron chi connectivity index (χ1n) is 10.0. The molecule has 2 aromatic carbocycles. The van der Waals surface area contributed by atoms with Crippen molar-refractivity contribution in [1.29, 1.82) is 0 Å². The van der Waals surface area contributed by atoms with Crippen LogP contribution in [0.5, 0.6) is 5.75 Å². The summed E-state index contributed by atoms with van der Waals surface area (Å²) in [6.45, 7) is 6.07. The Morgan fingerprint density at radius 2 is 1.97 bits per heavy atom. The molecule has 0 unspecified atom stereocenters. The van der Waals surface area contributed by atoms with Gasteiger partial charge in [-0.15, -0.1) is 0 Å². The Hall–Kier alpha value is -3.32. The van der Waals surface area contributed by atoms with E-state index >= 15 is 0 Å². The number of aromatic amines is 1. The molecule has 3 aromatic rings. The molecule has 2 N–H and O–H groups in total. The Morgan fingerprint density at radius 3 is 2.77 bits per heavy atom. The summed E-state index contributed by atoms with van der Waals surface area (Å²) in [5.41, 5.74) is 3.34. The quantitative estimate of drug-likeness (QED) is 0.328. The number of nitrogens with one attached hydrogen (secondary N) is 2. The van der Waals surface area contributed by atoms with Crippen LogP contribution in [0, 0.1) is 6.92 Å². The molecule has 1 atom stereocenters. The topological polar surface area (TPSA) is 84.1 Å². The molecule has 0 fully saturated rings. The Balaban J connectivity index is 1.67. The molecule has 6 nitrogen and oxygen atoms in total. The lowest BCUT2D eigenvalue weighted by atomic mass is 9.86. The number of benzene rings is 2. The SMILES string of the molecule is C=CCOc1ccccc1[C@@H]1CC(=O)Nc2nc(SCc3ccccc3C)[nH]c(=O)c21. The third kappa shape index (κ3) is 4.56. The molecule has 1 amide bonds. The summed E-state index contributed by atoms with van der Waals surface area (Å²) in [6.07, 6.45) is 1.81. The van der Waals surface area contributed by atoms with Gasteiger partial charge in [0.25, 0.3) is 5.56 Å². The van der Waals surface area contributed by atoms with Crippen LogP contribution in [0.15, 0.2) is 71.1 Å². The first-order valence-corrected chi connectivity index (χ1v) is 11.0. The number of rotatable bonds is 7.